The van der Waals surface area contributed by atoms with Gasteiger partial charge in [-0.15, -0.1) is 0 Å². The van der Waals surface area contributed by atoms with Crippen LogP contribution < -0.4 is 10.6 Å². The lowest BCUT2D eigenvalue weighted by atomic mass is 10.3. The first-order valence-corrected chi connectivity index (χ1v) is 5.70. The molecule has 0 aliphatic heterocycles. The van der Waals surface area contributed by atoms with Gasteiger partial charge in [0.1, 0.15) is 11.5 Å². The van der Waals surface area contributed by atoms with Crippen LogP contribution in [0.15, 0.2) is 18.2 Å². The molecule has 6 nitrogen and oxygen atoms in total. The normalized spacial score (nSPS) is 10.4. The monoisotopic (exact) mass is 253 g/mol. The fourth-order valence-corrected chi connectivity index (χ4v) is 1.44. The molecule has 0 aliphatic carbocycles. The number of rotatable bonds is 5. The highest BCUT2D eigenvalue weighted by molar-refractivity contribution is 5.89. The Morgan fingerprint density at radius 2 is 1.83 bits per heavy atom. The SMILES string of the molecule is CN(C)CCCNC(=O)Nc1cc(O)cc(O)c1. The number of nitrogens with zero attached hydrogens (tertiary/aromatic N) is 1. The van der Waals surface area contributed by atoms with Crippen LogP contribution in [0.2, 0.25) is 0 Å². The molecule has 1 rings (SSSR count). The van der Waals surface area contributed by atoms with E-state index >= 15 is 0 Å². The predicted octanol–water partition coefficient (Wildman–Crippen LogP) is 1.17. The number of hydrogen-bond acceptors (Lipinski definition) is 4. The van der Waals surface area contributed by atoms with Gasteiger partial charge in [-0.2, -0.15) is 0 Å². The van der Waals surface area contributed by atoms with Gasteiger partial charge in [0.15, 0.2) is 0 Å². The van der Waals surface area contributed by atoms with Crippen molar-refractivity contribution in [3.05, 3.63) is 18.2 Å². The van der Waals surface area contributed by atoms with Gasteiger partial charge in [-0.05, 0) is 27.1 Å². The van der Waals surface area contributed by atoms with Crippen molar-refractivity contribution in [2.75, 3.05) is 32.5 Å². The molecule has 1 aromatic carbocycles. The molecular weight excluding hydrogens is 234 g/mol. The highest BCUT2D eigenvalue weighted by Crippen LogP contribution is 2.23. The quantitative estimate of drug-likeness (QED) is 0.593. The molecule has 6 heteroatoms. The fourth-order valence-electron chi connectivity index (χ4n) is 1.44. The zero-order valence-corrected chi connectivity index (χ0v) is 10.6. The van der Waals surface area contributed by atoms with Crippen LogP contribution in [-0.2, 0) is 0 Å². The molecule has 0 aliphatic rings. The molecule has 0 heterocycles. The second-order valence-electron chi connectivity index (χ2n) is 4.28. The average Bonchev–Trinajstić information content (AvgIpc) is 2.22. The molecule has 0 spiro atoms. The van der Waals surface area contributed by atoms with Crippen LogP contribution in [0.25, 0.3) is 0 Å². The Hall–Kier alpha value is -1.95. The van der Waals surface area contributed by atoms with Crippen molar-refractivity contribution in [3.8, 4) is 11.5 Å². The Balaban J connectivity index is 2.35. The first-order chi connectivity index (χ1) is 8.47. The van der Waals surface area contributed by atoms with Crippen LogP contribution in [-0.4, -0.2) is 48.3 Å². The van der Waals surface area contributed by atoms with Gasteiger partial charge >= 0.3 is 6.03 Å². The van der Waals surface area contributed by atoms with Gasteiger partial charge < -0.3 is 25.7 Å². The number of urea groups is 1. The Morgan fingerprint density at radius 1 is 1.22 bits per heavy atom. The maximum Gasteiger partial charge on any atom is 0.319 e. The minimum atomic E-state index is -0.362. The van der Waals surface area contributed by atoms with E-state index in [-0.39, 0.29) is 17.5 Å². The van der Waals surface area contributed by atoms with E-state index in [1.165, 1.54) is 18.2 Å². The first kappa shape index (κ1) is 14.1. The summed E-state index contributed by atoms with van der Waals surface area (Å²) in [5, 5.41) is 23.7. The summed E-state index contributed by atoms with van der Waals surface area (Å²) >= 11 is 0. The number of carbonyl (C=O) groups excluding carboxylic acids is 1. The number of hydrogen-bond donors (Lipinski definition) is 4. The topological polar surface area (TPSA) is 84.8 Å². The molecule has 100 valence electrons. The summed E-state index contributed by atoms with van der Waals surface area (Å²) in [6, 6.07) is 3.55. The Kier molecular flexibility index (Phi) is 5.26. The molecule has 0 fully saturated rings. The standard InChI is InChI=1S/C12H19N3O3/c1-15(2)5-3-4-13-12(18)14-9-6-10(16)8-11(17)7-9/h6-8,16-17H,3-5H2,1-2H3,(H2,13,14,18). The molecule has 2 amide bonds. The van der Waals surface area contributed by atoms with Crippen molar-refractivity contribution in [1.29, 1.82) is 0 Å². The van der Waals surface area contributed by atoms with Gasteiger partial charge in [0, 0.05) is 30.4 Å². The lowest BCUT2D eigenvalue weighted by molar-refractivity contribution is 0.251. The molecule has 0 atom stereocenters. The number of anilines is 1. The van der Waals surface area contributed by atoms with Gasteiger partial charge in [0.25, 0.3) is 0 Å². The summed E-state index contributed by atoms with van der Waals surface area (Å²) in [6.45, 7) is 1.46. The van der Waals surface area contributed by atoms with E-state index < -0.39 is 0 Å². The molecule has 0 unspecified atom stereocenters. The van der Waals surface area contributed by atoms with E-state index in [9.17, 15) is 15.0 Å². The molecule has 0 bridgehead atoms. The van der Waals surface area contributed by atoms with Gasteiger partial charge in [0.05, 0.1) is 0 Å². The van der Waals surface area contributed by atoms with E-state index in [4.69, 9.17) is 0 Å². The summed E-state index contributed by atoms with van der Waals surface area (Å²) in [6.07, 6.45) is 0.853. The molecule has 0 aromatic heterocycles. The molecule has 18 heavy (non-hydrogen) atoms. The zero-order valence-electron chi connectivity index (χ0n) is 10.6. The molecule has 0 saturated carbocycles. The number of aromatic hydroxyl groups is 2. The molecule has 4 N–H and O–H groups in total. The molecule has 1 aromatic rings. The average molecular weight is 253 g/mol. The number of carbonyl (C=O) groups is 1. The highest BCUT2D eigenvalue weighted by Gasteiger charge is 2.03. The van der Waals surface area contributed by atoms with Gasteiger partial charge in [0.2, 0.25) is 0 Å². The van der Waals surface area contributed by atoms with Gasteiger partial charge in [-0.3, -0.25) is 0 Å². The van der Waals surface area contributed by atoms with Gasteiger partial charge in [-0.25, -0.2) is 4.79 Å². The summed E-state index contributed by atoms with van der Waals surface area (Å²) in [5.74, 6) is -0.198. The van der Waals surface area contributed by atoms with E-state index in [0.717, 1.165) is 13.0 Å². The first-order valence-electron chi connectivity index (χ1n) is 5.70. The van der Waals surface area contributed by atoms with Gasteiger partial charge in [-0.1, -0.05) is 0 Å². The minimum absolute atomic E-state index is 0.0992. The van der Waals surface area contributed by atoms with Crippen molar-refractivity contribution < 1.29 is 15.0 Å². The predicted molar refractivity (Wildman–Crippen MR) is 70.0 cm³/mol. The van der Waals surface area contributed by atoms with E-state index in [1.807, 2.05) is 19.0 Å². The number of amides is 2. The molecular formula is C12H19N3O3. The second kappa shape index (κ2) is 6.70. The maximum absolute atomic E-state index is 11.5. The van der Waals surface area contributed by atoms with Crippen LogP contribution in [0.3, 0.4) is 0 Å². The lowest BCUT2D eigenvalue weighted by Gasteiger charge is -2.11. The van der Waals surface area contributed by atoms with E-state index in [0.29, 0.717) is 12.2 Å². The van der Waals surface area contributed by atoms with Crippen molar-refractivity contribution in [2.45, 2.75) is 6.42 Å². The molecule has 0 saturated heterocycles. The smallest absolute Gasteiger partial charge is 0.319 e. The minimum Gasteiger partial charge on any atom is -0.508 e. The van der Waals surface area contributed by atoms with Crippen molar-refractivity contribution in [2.24, 2.45) is 0 Å². The van der Waals surface area contributed by atoms with Crippen LogP contribution in [0.4, 0.5) is 10.5 Å². The van der Waals surface area contributed by atoms with Crippen LogP contribution in [0, 0.1) is 0 Å². The molecule has 0 radical (unpaired) electrons. The Labute approximate surface area is 106 Å². The number of benzene rings is 1. The number of phenolic OH excluding ortho intramolecular Hbond substituents is 2. The Morgan fingerprint density at radius 3 is 2.39 bits per heavy atom. The lowest BCUT2D eigenvalue weighted by Crippen LogP contribution is -2.31. The summed E-state index contributed by atoms with van der Waals surface area (Å²) in [4.78, 5) is 13.5. The number of phenols is 2. The zero-order chi connectivity index (χ0) is 13.5. The van der Waals surface area contributed by atoms with Crippen molar-refractivity contribution in [1.82, 2.24) is 10.2 Å². The largest absolute Gasteiger partial charge is 0.508 e. The Bertz CT molecular complexity index is 387. The van der Waals surface area contributed by atoms with E-state index in [2.05, 4.69) is 10.6 Å². The third-order valence-corrected chi connectivity index (χ3v) is 2.23. The third kappa shape index (κ3) is 5.40. The summed E-state index contributed by atoms with van der Waals surface area (Å²) in [7, 11) is 3.94. The highest BCUT2D eigenvalue weighted by atomic mass is 16.3. The van der Waals surface area contributed by atoms with Crippen LogP contribution in [0.1, 0.15) is 6.42 Å². The maximum atomic E-state index is 11.5. The summed E-state index contributed by atoms with van der Waals surface area (Å²) in [5.41, 5.74) is 0.345. The second-order valence-corrected chi connectivity index (χ2v) is 4.28. The summed E-state index contributed by atoms with van der Waals surface area (Å²) < 4.78 is 0. The third-order valence-electron chi connectivity index (χ3n) is 2.23. The van der Waals surface area contributed by atoms with E-state index in [1.54, 1.807) is 0 Å². The van der Waals surface area contributed by atoms with Crippen molar-refractivity contribution >= 4 is 11.7 Å². The van der Waals surface area contributed by atoms with Crippen LogP contribution in [0.5, 0.6) is 11.5 Å². The van der Waals surface area contributed by atoms with Crippen molar-refractivity contribution in [3.63, 3.8) is 0 Å². The number of nitrogens with one attached hydrogen (secondary N) is 2. The van der Waals surface area contributed by atoms with Crippen LogP contribution >= 0.6 is 0 Å². The fraction of sp³-hybridized carbons (Fsp3) is 0.417.